The Labute approximate surface area is 131 Å². The monoisotopic (exact) mass is 309 g/mol. The minimum atomic E-state index is -0.730. The molecule has 0 aliphatic carbocycles. The number of esters is 1. The largest absolute Gasteiger partial charge is 0.460 e. The molecule has 123 valence electrons. The van der Waals surface area contributed by atoms with Gasteiger partial charge in [-0.15, -0.1) is 0 Å². The van der Waals surface area contributed by atoms with Crippen molar-refractivity contribution in [2.75, 3.05) is 0 Å². The third-order valence-corrected chi connectivity index (χ3v) is 3.14. The highest BCUT2D eigenvalue weighted by molar-refractivity contribution is 5.70. The van der Waals surface area contributed by atoms with E-state index in [-0.39, 0.29) is 24.6 Å². The summed E-state index contributed by atoms with van der Waals surface area (Å²) in [5.74, 6) is -0.978. The van der Waals surface area contributed by atoms with Gasteiger partial charge in [0.05, 0.1) is 25.2 Å². The first-order valence-corrected chi connectivity index (χ1v) is 7.60. The van der Waals surface area contributed by atoms with Gasteiger partial charge >= 0.3 is 5.97 Å². The smallest absolute Gasteiger partial charge is 0.308 e. The lowest BCUT2D eigenvalue weighted by Gasteiger charge is -2.40. The lowest BCUT2D eigenvalue weighted by molar-refractivity contribution is -0.302. The molecule has 0 bridgehead atoms. The molecule has 22 heavy (non-hydrogen) atoms. The second kappa shape index (κ2) is 6.38. The van der Waals surface area contributed by atoms with Gasteiger partial charge in [-0.1, -0.05) is 0 Å². The molecule has 1 aliphatic rings. The van der Waals surface area contributed by atoms with Gasteiger partial charge in [0, 0.05) is 12.6 Å². The number of carbonyl (C=O) groups is 1. The summed E-state index contributed by atoms with van der Waals surface area (Å²) in [5.41, 5.74) is -0.484. The number of hydrogen-bond donors (Lipinski definition) is 0. The fourth-order valence-electron chi connectivity index (χ4n) is 2.60. The van der Waals surface area contributed by atoms with E-state index in [9.17, 15) is 4.79 Å². The molecule has 2 heterocycles. The van der Waals surface area contributed by atoms with Crippen LogP contribution in [0, 0.1) is 6.20 Å². The maximum absolute atomic E-state index is 12.0. The number of rotatable bonds is 4. The summed E-state index contributed by atoms with van der Waals surface area (Å²) in [4.78, 5) is 12.0. The fourth-order valence-corrected chi connectivity index (χ4v) is 2.60. The number of hydrogen-bond acceptors (Lipinski definition) is 5. The zero-order chi connectivity index (χ0) is 16.4. The minimum absolute atomic E-state index is 0.0653. The first-order chi connectivity index (χ1) is 10.1. The average Bonchev–Trinajstić information content (AvgIpc) is 2.76. The molecule has 2 atom stereocenters. The number of nitrogens with zero attached hydrogens (tertiary/aromatic N) is 2. The molecule has 0 aromatic carbocycles. The predicted octanol–water partition coefficient (Wildman–Crippen LogP) is 2.33. The van der Waals surface area contributed by atoms with E-state index in [1.54, 1.807) is 10.7 Å². The molecule has 1 radical (unpaired) electrons. The minimum Gasteiger partial charge on any atom is -0.460 e. The molecule has 1 fully saturated rings. The van der Waals surface area contributed by atoms with Crippen LogP contribution in [-0.2, 0) is 25.5 Å². The highest BCUT2D eigenvalue weighted by Gasteiger charge is 2.37. The third kappa shape index (κ3) is 5.42. The van der Waals surface area contributed by atoms with Gasteiger partial charge in [-0.05, 0) is 40.7 Å². The summed E-state index contributed by atoms with van der Waals surface area (Å²) in [5, 5.41) is 4.07. The van der Waals surface area contributed by atoms with Crippen molar-refractivity contribution < 1.29 is 19.0 Å². The van der Waals surface area contributed by atoms with Crippen LogP contribution >= 0.6 is 0 Å². The first kappa shape index (κ1) is 17.0. The molecule has 6 nitrogen and oxygen atoms in total. The summed E-state index contributed by atoms with van der Waals surface area (Å²) in [6.45, 7) is 9.90. The van der Waals surface area contributed by atoms with Crippen LogP contribution < -0.4 is 0 Å². The molecular formula is C16H25N2O4. The summed E-state index contributed by atoms with van der Waals surface area (Å²) in [6, 6.07) is 1.75. The summed E-state index contributed by atoms with van der Waals surface area (Å²) < 4.78 is 18.9. The van der Waals surface area contributed by atoms with E-state index >= 15 is 0 Å². The van der Waals surface area contributed by atoms with Crippen LogP contribution in [0.4, 0.5) is 0 Å². The molecule has 0 saturated carbocycles. The molecule has 0 unspecified atom stereocenters. The topological polar surface area (TPSA) is 62.6 Å². The Morgan fingerprint density at radius 2 is 2.09 bits per heavy atom. The number of aromatic nitrogens is 2. The summed E-state index contributed by atoms with van der Waals surface area (Å²) in [7, 11) is 0. The lowest BCUT2D eigenvalue weighted by Crippen LogP contribution is -2.47. The van der Waals surface area contributed by atoms with Crippen molar-refractivity contribution >= 4 is 5.97 Å². The van der Waals surface area contributed by atoms with Crippen LogP contribution in [0.15, 0.2) is 12.3 Å². The van der Waals surface area contributed by atoms with E-state index in [0.29, 0.717) is 13.0 Å². The van der Waals surface area contributed by atoms with E-state index in [0.717, 1.165) is 0 Å². The molecule has 1 aromatic heterocycles. The number of carbonyl (C=O) groups excluding carboxylic acids is 1. The van der Waals surface area contributed by atoms with Gasteiger partial charge in [0.15, 0.2) is 5.79 Å². The van der Waals surface area contributed by atoms with E-state index in [1.807, 2.05) is 40.8 Å². The quantitative estimate of drug-likeness (QED) is 0.799. The zero-order valence-corrected chi connectivity index (χ0v) is 14.0. The van der Waals surface area contributed by atoms with Gasteiger partial charge in [-0.25, -0.2) is 0 Å². The van der Waals surface area contributed by atoms with Crippen LogP contribution in [0.2, 0.25) is 0 Å². The van der Waals surface area contributed by atoms with Crippen LogP contribution in [0.3, 0.4) is 0 Å². The van der Waals surface area contributed by atoms with Crippen LogP contribution in [0.25, 0.3) is 0 Å². The van der Waals surface area contributed by atoms with Gasteiger partial charge in [-0.2, -0.15) is 5.10 Å². The van der Waals surface area contributed by atoms with Crippen LogP contribution in [0.1, 0.15) is 47.5 Å². The summed E-state index contributed by atoms with van der Waals surface area (Å²) in [6.07, 6.45) is 5.17. The predicted molar refractivity (Wildman–Crippen MR) is 80.0 cm³/mol. The highest BCUT2D eigenvalue weighted by atomic mass is 16.7. The van der Waals surface area contributed by atoms with Crippen molar-refractivity contribution in [1.29, 1.82) is 0 Å². The van der Waals surface area contributed by atoms with Gasteiger partial charge < -0.3 is 14.2 Å². The third-order valence-electron chi connectivity index (χ3n) is 3.14. The molecule has 1 saturated heterocycles. The second-order valence-electron chi connectivity index (χ2n) is 7.07. The standard InChI is InChI=1S/C16H25N2O4/c1-15(2,3)22-14(19)10-12-9-13(21-16(4,5)20-12)11-18-8-6-7-17-18/h6,8,12-13H,9-11H2,1-5H3/t12-,13+/m1/s1. The van der Waals surface area contributed by atoms with Gasteiger partial charge in [0.2, 0.25) is 0 Å². The van der Waals surface area contributed by atoms with E-state index < -0.39 is 11.4 Å². The maximum atomic E-state index is 12.0. The van der Waals surface area contributed by atoms with E-state index in [4.69, 9.17) is 14.2 Å². The zero-order valence-electron chi connectivity index (χ0n) is 14.0. The fraction of sp³-hybridized carbons (Fsp3) is 0.750. The Bertz CT molecular complexity index is 491. The van der Waals surface area contributed by atoms with Crippen molar-refractivity contribution in [2.24, 2.45) is 0 Å². The first-order valence-electron chi connectivity index (χ1n) is 7.60. The molecule has 0 amide bonds. The lowest BCUT2D eigenvalue weighted by atomic mass is 10.1. The van der Waals surface area contributed by atoms with Gasteiger partial charge in [0.25, 0.3) is 0 Å². The van der Waals surface area contributed by atoms with Crippen molar-refractivity contribution in [2.45, 2.75) is 77.6 Å². The maximum Gasteiger partial charge on any atom is 0.308 e. The Kier molecular flexibility index (Phi) is 4.92. The molecule has 0 N–H and O–H groups in total. The van der Waals surface area contributed by atoms with E-state index in [2.05, 4.69) is 11.3 Å². The molecule has 2 rings (SSSR count). The Balaban J connectivity index is 1.94. The van der Waals surface area contributed by atoms with Crippen molar-refractivity contribution in [3.05, 3.63) is 18.5 Å². The SMILES string of the molecule is CC(C)(C)OC(=O)C[C@H]1C[C@@H](Cn2cc[c]n2)OC(C)(C)O1. The summed E-state index contributed by atoms with van der Waals surface area (Å²) >= 11 is 0. The van der Waals surface area contributed by atoms with Crippen molar-refractivity contribution in [3.8, 4) is 0 Å². The molecular weight excluding hydrogens is 284 g/mol. The Morgan fingerprint density at radius 1 is 1.41 bits per heavy atom. The highest BCUT2D eigenvalue weighted by Crippen LogP contribution is 2.29. The van der Waals surface area contributed by atoms with Gasteiger partial charge in [-0.3, -0.25) is 9.48 Å². The van der Waals surface area contributed by atoms with Crippen molar-refractivity contribution in [1.82, 2.24) is 9.78 Å². The Morgan fingerprint density at radius 3 is 2.68 bits per heavy atom. The van der Waals surface area contributed by atoms with E-state index in [1.165, 1.54) is 0 Å². The Hall–Kier alpha value is -1.40. The molecule has 0 spiro atoms. The molecule has 1 aliphatic heterocycles. The van der Waals surface area contributed by atoms with Crippen LogP contribution in [0.5, 0.6) is 0 Å². The van der Waals surface area contributed by atoms with Crippen molar-refractivity contribution in [3.63, 3.8) is 0 Å². The second-order valence-corrected chi connectivity index (χ2v) is 7.07. The molecule has 6 heteroatoms. The average molecular weight is 309 g/mol. The van der Waals surface area contributed by atoms with Crippen LogP contribution in [-0.4, -0.2) is 39.3 Å². The number of ether oxygens (including phenoxy) is 3. The normalized spacial score (nSPS) is 25.0. The van der Waals surface area contributed by atoms with Gasteiger partial charge in [0.1, 0.15) is 11.8 Å². The molecule has 1 aromatic rings.